The van der Waals surface area contributed by atoms with Crippen molar-refractivity contribution in [2.24, 2.45) is 0 Å². The lowest BCUT2D eigenvalue weighted by Gasteiger charge is -2.07. The number of carbonyl (C=O) groups is 1. The summed E-state index contributed by atoms with van der Waals surface area (Å²) in [5, 5.41) is 4.89. The highest BCUT2D eigenvalue weighted by atomic mass is 16.4. The molecule has 0 aliphatic carbocycles. The van der Waals surface area contributed by atoms with E-state index in [0.717, 1.165) is 10.2 Å². The van der Waals surface area contributed by atoms with Gasteiger partial charge >= 0.3 is 5.63 Å². The number of fused-ring (bicyclic) bond motifs is 1. The fourth-order valence-electron chi connectivity index (χ4n) is 2.80. The highest BCUT2D eigenvalue weighted by Gasteiger charge is 2.16. The molecule has 2 aromatic carbocycles. The number of aromatic nitrogens is 2. The minimum absolute atomic E-state index is 0.104. The zero-order chi connectivity index (χ0) is 18.8. The number of Topliss-reactive ketones (excluding diaryl/α,β-unsaturated/α-hetero) is 1. The maximum absolute atomic E-state index is 12.6. The molecule has 0 N–H and O–H groups in total. The van der Waals surface area contributed by atoms with Crippen molar-refractivity contribution in [1.82, 2.24) is 9.78 Å². The van der Waals surface area contributed by atoms with Crippen molar-refractivity contribution in [1.29, 1.82) is 0 Å². The van der Waals surface area contributed by atoms with Gasteiger partial charge in [-0.05, 0) is 18.2 Å². The van der Waals surface area contributed by atoms with Crippen molar-refractivity contribution < 1.29 is 9.21 Å². The third kappa shape index (κ3) is 3.32. The van der Waals surface area contributed by atoms with Crippen LogP contribution in [0, 0.1) is 0 Å². The molecule has 0 spiro atoms. The maximum Gasteiger partial charge on any atom is 0.347 e. The molecule has 0 aliphatic rings. The van der Waals surface area contributed by atoms with Crippen LogP contribution in [0.4, 0.5) is 0 Å². The first-order valence-corrected chi connectivity index (χ1v) is 8.31. The number of ketones is 1. The van der Waals surface area contributed by atoms with Gasteiger partial charge < -0.3 is 4.42 Å². The second-order valence-corrected chi connectivity index (χ2v) is 5.99. The highest BCUT2D eigenvalue weighted by Crippen LogP contribution is 2.15. The van der Waals surface area contributed by atoms with E-state index in [1.165, 1.54) is 12.1 Å². The molecule has 0 radical (unpaired) electrons. The zero-order valence-electron chi connectivity index (χ0n) is 14.2. The number of rotatable bonds is 4. The lowest BCUT2D eigenvalue weighted by molar-refractivity contribution is 0.0962. The van der Waals surface area contributed by atoms with E-state index in [1.807, 2.05) is 30.3 Å². The van der Waals surface area contributed by atoms with Crippen LogP contribution in [0.15, 0.2) is 86.8 Å². The first-order valence-electron chi connectivity index (χ1n) is 8.31. The van der Waals surface area contributed by atoms with E-state index in [0.29, 0.717) is 16.7 Å². The predicted molar refractivity (Wildman–Crippen MR) is 101 cm³/mol. The molecule has 4 aromatic rings. The topological polar surface area (TPSA) is 82.2 Å². The SMILES string of the molecule is O=C(Cn1nc(-c2ccccc2)ccc1=O)c1cc2ccccc2oc1=O. The summed E-state index contributed by atoms with van der Waals surface area (Å²) in [5.41, 5.74) is 0.532. The molecule has 132 valence electrons. The predicted octanol–water partition coefficient (Wildman–Crippen LogP) is 2.90. The molecule has 2 heterocycles. The fraction of sp³-hybridized carbons (Fsp3) is 0.0476. The van der Waals surface area contributed by atoms with Crippen LogP contribution in [0.25, 0.3) is 22.2 Å². The van der Waals surface area contributed by atoms with E-state index < -0.39 is 17.0 Å². The van der Waals surface area contributed by atoms with E-state index >= 15 is 0 Å². The molecule has 0 amide bonds. The van der Waals surface area contributed by atoms with Gasteiger partial charge in [-0.2, -0.15) is 5.10 Å². The van der Waals surface area contributed by atoms with Crippen LogP contribution in [-0.2, 0) is 6.54 Å². The standard InChI is InChI=1S/C21H14N2O4/c24-18(16-12-15-8-4-5-9-19(15)27-21(16)26)13-23-20(25)11-10-17(22-23)14-6-2-1-3-7-14/h1-12H,13H2. The second kappa shape index (κ2) is 6.84. The Labute approximate surface area is 153 Å². The molecular formula is C21H14N2O4. The van der Waals surface area contributed by atoms with E-state index in [1.54, 1.807) is 30.3 Å². The third-order valence-electron chi connectivity index (χ3n) is 4.17. The number of benzene rings is 2. The monoisotopic (exact) mass is 358 g/mol. The molecule has 4 rings (SSSR count). The molecule has 6 heteroatoms. The smallest absolute Gasteiger partial charge is 0.347 e. The number of carbonyl (C=O) groups excluding carboxylic acids is 1. The van der Waals surface area contributed by atoms with Crippen molar-refractivity contribution in [3.63, 3.8) is 0 Å². The largest absolute Gasteiger partial charge is 0.422 e. The Morgan fingerprint density at radius 1 is 0.926 bits per heavy atom. The van der Waals surface area contributed by atoms with Crippen LogP contribution in [-0.4, -0.2) is 15.6 Å². The molecule has 2 aromatic heterocycles. The molecule has 0 saturated heterocycles. The number of nitrogens with zero attached hydrogens (tertiary/aromatic N) is 2. The van der Waals surface area contributed by atoms with Crippen molar-refractivity contribution in [3.8, 4) is 11.3 Å². The Morgan fingerprint density at radius 2 is 1.67 bits per heavy atom. The van der Waals surface area contributed by atoms with Gasteiger partial charge in [0, 0.05) is 17.0 Å². The lowest BCUT2D eigenvalue weighted by Crippen LogP contribution is -2.28. The molecule has 0 fully saturated rings. The van der Waals surface area contributed by atoms with Gasteiger partial charge in [-0.1, -0.05) is 48.5 Å². The van der Waals surface area contributed by atoms with Crippen LogP contribution in [0.5, 0.6) is 0 Å². The van der Waals surface area contributed by atoms with Crippen LogP contribution >= 0.6 is 0 Å². The summed E-state index contributed by atoms with van der Waals surface area (Å²) < 4.78 is 6.25. The summed E-state index contributed by atoms with van der Waals surface area (Å²) in [6.07, 6.45) is 0. The molecule has 0 unspecified atom stereocenters. The summed E-state index contributed by atoms with van der Waals surface area (Å²) in [6, 6.07) is 20.7. The van der Waals surface area contributed by atoms with Gasteiger partial charge in [-0.3, -0.25) is 9.59 Å². The summed E-state index contributed by atoms with van der Waals surface area (Å²) in [5.74, 6) is -0.533. The van der Waals surface area contributed by atoms with Crippen LogP contribution in [0.2, 0.25) is 0 Å². The normalized spacial score (nSPS) is 10.8. The summed E-state index contributed by atoms with van der Waals surface area (Å²) >= 11 is 0. The van der Waals surface area contributed by atoms with E-state index in [9.17, 15) is 14.4 Å². The Morgan fingerprint density at radius 3 is 2.48 bits per heavy atom. The molecule has 27 heavy (non-hydrogen) atoms. The molecular weight excluding hydrogens is 344 g/mol. The Hall–Kier alpha value is -3.80. The Bertz CT molecular complexity index is 1260. The molecule has 0 aliphatic heterocycles. The average Bonchev–Trinajstić information content (AvgIpc) is 2.69. The minimum Gasteiger partial charge on any atom is -0.422 e. The van der Waals surface area contributed by atoms with E-state index in [-0.39, 0.29) is 12.1 Å². The second-order valence-electron chi connectivity index (χ2n) is 5.99. The summed E-state index contributed by atoms with van der Waals surface area (Å²) in [7, 11) is 0. The summed E-state index contributed by atoms with van der Waals surface area (Å²) in [4.78, 5) is 36.9. The van der Waals surface area contributed by atoms with Crippen LogP contribution in [0.1, 0.15) is 10.4 Å². The third-order valence-corrected chi connectivity index (χ3v) is 4.17. The lowest BCUT2D eigenvalue weighted by atomic mass is 10.1. The Kier molecular flexibility index (Phi) is 4.22. The maximum atomic E-state index is 12.6. The van der Waals surface area contributed by atoms with Gasteiger partial charge in [-0.25, -0.2) is 9.48 Å². The molecule has 6 nitrogen and oxygen atoms in total. The van der Waals surface area contributed by atoms with Crippen molar-refractivity contribution in [3.05, 3.63) is 99.1 Å². The van der Waals surface area contributed by atoms with Gasteiger partial charge in [0.15, 0.2) is 5.78 Å². The van der Waals surface area contributed by atoms with Crippen molar-refractivity contribution in [2.75, 3.05) is 0 Å². The van der Waals surface area contributed by atoms with Gasteiger partial charge in [0.25, 0.3) is 5.56 Å². The van der Waals surface area contributed by atoms with Crippen molar-refractivity contribution >= 4 is 16.8 Å². The van der Waals surface area contributed by atoms with Crippen LogP contribution in [0.3, 0.4) is 0 Å². The molecule has 0 bridgehead atoms. The van der Waals surface area contributed by atoms with Gasteiger partial charge in [0.1, 0.15) is 17.7 Å². The summed E-state index contributed by atoms with van der Waals surface area (Å²) in [6.45, 7) is -0.345. The van der Waals surface area contributed by atoms with Gasteiger partial charge in [0.05, 0.1) is 5.69 Å². The zero-order valence-corrected chi connectivity index (χ0v) is 14.2. The van der Waals surface area contributed by atoms with E-state index in [4.69, 9.17) is 4.42 Å². The number of hydrogen-bond acceptors (Lipinski definition) is 5. The average molecular weight is 358 g/mol. The van der Waals surface area contributed by atoms with Crippen LogP contribution < -0.4 is 11.2 Å². The first-order chi connectivity index (χ1) is 13.1. The van der Waals surface area contributed by atoms with E-state index in [2.05, 4.69) is 5.10 Å². The first kappa shape index (κ1) is 16.7. The Balaban J connectivity index is 1.70. The molecule has 0 saturated carbocycles. The molecule has 0 atom stereocenters. The van der Waals surface area contributed by atoms with Gasteiger partial charge in [-0.15, -0.1) is 0 Å². The van der Waals surface area contributed by atoms with Crippen molar-refractivity contribution in [2.45, 2.75) is 6.54 Å². The number of para-hydroxylation sites is 1. The fourth-order valence-corrected chi connectivity index (χ4v) is 2.80. The minimum atomic E-state index is -0.731. The highest BCUT2D eigenvalue weighted by molar-refractivity contribution is 5.98. The number of hydrogen-bond donors (Lipinski definition) is 0. The quantitative estimate of drug-likeness (QED) is 0.414. The van der Waals surface area contributed by atoms with Gasteiger partial charge in [0.2, 0.25) is 0 Å².